The smallest absolute Gasteiger partial charge is 0.338 e. The van der Waals surface area contributed by atoms with E-state index in [4.69, 9.17) is 23.7 Å². The van der Waals surface area contributed by atoms with E-state index in [1.165, 1.54) is 13.3 Å². The van der Waals surface area contributed by atoms with Gasteiger partial charge in [0.1, 0.15) is 6.61 Å². The number of nitrogens with zero attached hydrogens (tertiary/aromatic N) is 1. The van der Waals surface area contributed by atoms with Crippen LogP contribution in [0.15, 0.2) is 102 Å². The number of allylic oxidation sites excluding steroid dienone is 2. The summed E-state index contributed by atoms with van der Waals surface area (Å²) in [5, 5.41) is 11.7. The molecule has 1 atom stereocenters. The minimum atomic E-state index is -0.783. The standard InChI is InChI=1S/C39H40N4O8/c1-6-11-28-18-25(19-33(48-5)37(28)51-22-29-14-10-13-26-12-8-9-15-30(26)29)21-40-43-34(44)23-50-31-17-16-27(20-32(31)47-4)36-35(38(45)49-7-2)24(3)41-39(46)42-36/h6,8-10,12-21,36H,1,7,11,22-23H2,2-5H3,(H,43,44)(H2,41,42,46)/b40-21-/t36-/m0/s1. The van der Waals surface area contributed by atoms with Gasteiger partial charge in [-0.3, -0.25) is 4.79 Å². The molecule has 0 unspecified atom stereocenters. The molecular weight excluding hydrogens is 652 g/mol. The van der Waals surface area contributed by atoms with Crippen molar-refractivity contribution in [3.8, 4) is 23.0 Å². The number of urea groups is 1. The molecule has 0 aromatic heterocycles. The van der Waals surface area contributed by atoms with Crippen molar-refractivity contribution in [3.63, 3.8) is 0 Å². The normalized spacial score (nSPS) is 14.0. The number of esters is 1. The zero-order valence-corrected chi connectivity index (χ0v) is 28.9. The Morgan fingerprint density at radius 1 is 0.941 bits per heavy atom. The van der Waals surface area contributed by atoms with Crippen LogP contribution in [0.2, 0.25) is 0 Å². The summed E-state index contributed by atoms with van der Waals surface area (Å²) in [7, 11) is 3.01. The summed E-state index contributed by atoms with van der Waals surface area (Å²) >= 11 is 0. The second kappa shape index (κ2) is 16.9. The predicted molar refractivity (Wildman–Crippen MR) is 193 cm³/mol. The van der Waals surface area contributed by atoms with Crippen LogP contribution in [0.1, 0.15) is 42.1 Å². The number of rotatable bonds is 15. The van der Waals surface area contributed by atoms with E-state index in [0.717, 1.165) is 21.9 Å². The fourth-order valence-electron chi connectivity index (χ4n) is 5.71. The number of hydrazone groups is 1. The van der Waals surface area contributed by atoms with E-state index < -0.39 is 23.9 Å². The first-order valence-corrected chi connectivity index (χ1v) is 16.3. The Labute approximate surface area is 296 Å². The van der Waals surface area contributed by atoms with Crippen molar-refractivity contribution in [2.45, 2.75) is 32.9 Å². The molecule has 1 aliphatic heterocycles. The molecule has 1 heterocycles. The van der Waals surface area contributed by atoms with Crippen molar-refractivity contribution in [1.82, 2.24) is 16.1 Å². The summed E-state index contributed by atoms with van der Waals surface area (Å²) in [4.78, 5) is 37.6. The SMILES string of the molecule is C=CCc1cc(/C=N\NC(=O)COc2ccc([C@@H]3NC(=O)NC(C)=C3C(=O)OCC)cc2OC)cc(OC)c1OCc1cccc2ccccc12. The number of ether oxygens (including phenoxy) is 5. The average molecular weight is 693 g/mol. The zero-order chi connectivity index (χ0) is 36.3. The number of nitrogens with one attached hydrogen (secondary N) is 3. The molecule has 4 aromatic carbocycles. The summed E-state index contributed by atoms with van der Waals surface area (Å²) in [6.07, 6.45) is 3.80. The second-order valence-corrected chi connectivity index (χ2v) is 11.4. The van der Waals surface area contributed by atoms with Gasteiger partial charge in [-0.1, -0.05) is 54.6 Å². The summed E-state index contributed by atoms with van der Waals surface area (Å²) < 4.78 is 28.4. The van der Waals surface area contributed by atoms with Crippen molar-refractivity contribution >= 4 is 34.9 Å². The summed E-state index contributed by atoms with van der Waals surface area (Å²) in [6.45, 7) is 7.37. The number of benzene rings is 4. The largest absolute Gasteiger partial charge is 0.493 e. The molecule has 0 saturated heterocycles. The quantitative estimate of drug-likeness (QED) is 0.0606. The Morgan fingerprint density at radius 3 is 2.49 bits per heavy atom. The van der Waals surface area contributed by atoms with Gasteiger partial charge in [-0.25, -0.2) is 15.0 Å². The third kappa shape index (κ3) is 8.66. The third-order valence-corrected chi connectivity index (χ3v) is 8.04. The van der Waals surface area contributed by atoms with E-state index in [9.17, 15) is 14.4 Å². The van der Waals surface area contributed by atoms with Crippen LogP contribution in [0.25, 0.3) is 10.8 Å². The van der Waals surface area contributed by atoms with E-state index >= 15 is 0 Å². The number of hydrogen-bond donors (Lipinski definition) is 3. The molecule has 12 nitrogen and oxygen atoms in total. The second-order valence-electron chi connectivity index (χ2n) is 11.4. The molecule has 0 fully saturated rings. The van der Waals surface area contributed by atoms with Crippen molar-refractivity contribution in [2.24, 2.45) is 5.10 Å². The first-order chi connectivity index (χ1) is 24.8. The Balaban J connectivity index is 1.24. The van der Waals surface area contributed by atoms with Gasteiger partial charge >= 0.3 is 12.0 Å². The van der Waals surface area contributed by atoms with Crippen LogP contribution in [-0.4, -0.2) is 51.6 Å². The number of hydrogen-bond acceptors (Lipinski definition) is 9. The fourth-order valence-corrected chi connectivity index (χ4v) is 5.71. The molecule has 3 amide bonds. The van der Waals surface area contributed by atoms with Crippen molar-refractivity contribution in [1.29, 1.82) is 0 Å². The molecule has 12 heteroatoms. The minimum Gasteiger partial charge on any atom is -0.493 e. The van der Waals surface area contributed by atoms with E-state index in [1.54, 1.807) is 51.3 Å². The maximum Gasteiger partial charge on any atom is 0.338 e. The monoisotopic (exact) mass is 692 g/mol. The highest BCUT2D eigenvalue weighted by atomic mass is 16.5. The van der Waals surface area contributed by atoms with Gasteiger partial charge in [0.05, 0.1) is 38.7 Å². The van der Waals surface area contributed by atoms with Crippen LogP contribution in [0.4, 0.5) is 4.79 Å². The molecule has 51 heavy (non-hydrogen) atoms. The van der Waals surface area contributed by atoms with E-state index in [-0.39, 0.29) is 24.5 Å². The fraction of sp³-hybridized carbons (Fsp3) is 0.231. The van der Waals surface area contributed by atoms with Gasteiger partial charge in [0, 0.05) is 11.3 Å². The van der Waals surface area contributed by atoms with Crippen LogP contribution in [0.3, 0.4) is 0 Å². The molecule has 4 aromatic rings. The molecule has 264 valence electrons. The number of carbonyl (C=O) groups excluding carboxylic acids is 3. The van der Waals surface area contributed by atoms with Crippen LogP contribution in [-0.2, 0) is 27.4 Å². The number of fused-ring (bicyclic) bond motifs is 1. The average Bonchev–Trinajstić information content (AvgIpc) is 3.13. The lowest BCUT2D eigenvalue weighted by molar-refractivity contribution is -0.139. The topological polar surface area (TPSA) is 146 Å². The van der Waals surface area contributed by atoms with Crippen LogP contribution in [0.5, 0.6) is 23.0 Å². The Morgan fingerprint density at radius 2 is 1.73 bits per heavy atom. The van der Waals surface area contributed by atoms with Crippen molar-refractivity contribution in [2.75, 3.05) is 27.4 Å². The van der Waals surface area contributed by atoms with Crippen LogP contribution in [0, 0.1) is 0 Å². The lowest BCUT2D eigenvalue weighted by Gasteiger charge is -2.28. The molecule has 3 N–H and O–H groups in total. The summed E-state index contributed by atoms with van der Waals surface area (Å²) in [5.41, 5.74) is 6.25. The maximum absolute atomic E-state index is 12.7. The first kappa shape index (κ1) is 36.0. The lowest BCUT2D eigenvalue weighted by atomic mass is 9.95. The van der Waals surface area contributed by atoms with Gasteiger partial charge in [-0.2, -0.15) is 5.10 Å². The molecule has 5 rings (SSSR count). The van der Waals surface area contributed by atoms with E-state index in [2.05, 4.69) is 45.9 Å². The number of carbonyl (C=O) groups is 3. The van der Waals surface area contributed by atoms with Gasteiger partial charge in [0.25, 0.3) is 5.91 Å². The van der Waals surface area contributed by atoms with Gasteiger partial charge in [0.2, 0.25) is 0 Å². The van der Waals surface area contributed by atoms with Crippen molar-refractivity contribution in [3.05, 3.63) is 119 Å². The first-order valence-electron chi connectivity index (χ1n) is 16.3. The van der Waals surface area contributed by atoms with E-state index in [1.807, 2.05) is 30.3 Å². The molecule has 0 radical (unpaired) electrons. The number of amides is 3. The van der Waals surface area contributed by atoms with E-state index in [0.29, 0.717) is 47.1 Å². The third-order valence-electron chi connectivity index (χ3n) is 8.04. The summed E-state index contributed by atoms with van der Waals surface area (Å²) in [6, 6.07) is 21.6. The number of methoxy groups -OCH3 is 2. The highest BCUT2D eigenvalue weighted by Gasteiger charge is 2.32. The molecule has 1 aliphatic rings. The molecule has 0 aliphatic carbocycles. The van der Waals surface area contributed by atoms with Crippen LogP contribution >= 0.6 is 0 Å². The van der Waals surface area contributed by atoms with Crippen LogP contribution < -0.4 is 35.0 Å². The Kier molecular flexibility index (Phi) is 11.9. The molecule has 0 spiro atoms. The lowest BCUT2D eigenvalue weighted by Crippen LogP contribution is -2.45. The van der Waals surface area contributed by atoms with Gasteiger partial charge in [-0.05, 0) is 72.0 Å². The molecule has 0 saturated carbocycles. The maximum atomic E-state index is 12.7. The summed E-state index contributed by atoms with van der Waals surface area (Å²) in [5.74, 6) is 0.620. The van der Waals surface area contributed by atoms with Gasteiger partial charge < -0.3 is 34.3 Å². The zero-order valence-electron chi connectivity index (χ0n) is 28.9. The predicted octanol–water partition coefficient (Wildman–Crippen LogP) is 5.88. The Bertz CT molecular complexity index is 2000. The highest BCUT2D eigenvalue weighted by Crippen LogP contribution is 2.36. The van der Waals surface area contributed by atoms with Gasteiger partial charge in [0.15, 0.2) is 29.6 Å². The van der Waals surface area contributed by atoms with Gasteiger partial charge in [-0.15, -0.1) is 6.58 Å². The molecule has 0 bridgehead atoms. The van der Waals surface area contributed by atoms with Crippen molar-refractivity contribution < 1.29 is 38.1 Å². The molecular formula is C39H40N4O8. The Hall–Kier alpha value is -6.30. The highest BCUT2D eigenvalue weighted by molar-refractivity contribution is 5.95. The minimum absolute atomic E-state index is 0.178.